The van der Waals surface area contributed by atoms with Gasteiger partial charge in [0.2, 0.25) is 10.6 Å². The minimum Gasteiger partial charge on any atom is -0.356 e. The van der Waals surface area contributed by atoms with Crippen LogP contribution < -0.4 is 5.32 Å². The average molecular weight is 367 g/mol. The summed E-state index contributed by atoms with van der Waals surface area (Å²) in [6.45, 7) is 2.90. The monoisotopic (exact) mass is 366 g/mol. The molecular weight excluding hydrogens is 344 g/mol. The summed E-state index contributed by atoms with van der Waals surface area (Å²) in [4.78, 5) is 17.1. The largest absolute Gasteiger partial charge is 0.356 e. The number of carbonyl (C=O) groups is 1. The van der Waals surface area contributed by atoms with Gasteiger partial charge in [-0.1, -0.05) is 6.92 Å². The first-order chi connectivity index (χ1) is 10.6. The molecule has 1 aromatic heterocycles. The first kappa shape index (κ1) is 14.7. The molecule has 0 radical (unpaired) electrons. The highest BCUT2D eigenvalue weighted by molar-refractivity contribution is 9.10. The van der Waals surface area contributed by atoms with E-state index in [9.17, 15) is 4.79 Å². The smallest absolute Gasteiger partial charge is 0.226 e. The maximum absolute atomic E-state index is 12.9. The first-order valence-electron chi connectivity index (χ1n) is 8.41. The normalized spacial score (nSPS) is 39.2. The van der Waals surface area contributed by atoms with Crippen LogP contribution in [0.2, 0.25) is 0 Å². The summed E-state index contributed by atoms with van der Waals surface area (Å²) < 4.78 is 2.70. The summed E-state index contributed by atoms with van der Waals surface area (Å²) in [5.74, 6) is 1.61. The number of nitrogens with one attached hydrogen (secondary N) is 1. The highest BCUT2D eigenvalue weighted by atomic mass is 79.9. The Hall–Kier alpha value is -0.910. The molecule has 5 nitrogen and oxygen atoms in total. The molecule has 0 aliphatic heterocycles. The van der Waals surface area contributed by atoms with Crippen LogP contribution in [0.25, 0.3) is 0 Å². The van der Waals surface area contributed by atoms with E-state index in [0.29, 0.717) is 16.6 Å². The van der Waals surface area contributed by atoms with Crippen LogP contribution in [0.1, 0.15) is 51.9 Å². The van der Waals surface area contributed by atoms with E-state index in [-0.39, 0.29) is 16.9 Å². The molecule has 2 atom stereocenters. The van der Waals surface area contributed by atoms with Gasteiger partial charge in [0.05, 0.1) is 11.0 Å². The van der Waals surface area contributed by atoms with E-state index in [2.05, 4.69) is 42.9 Å². The first-order valence-corrected chi connectivity index (χ1v) is 9.20. The molecule has 5 rings (SSSR count). The predicted octanol–water partition coefficient (Wildman–Crippen LogP) is 2.86. The third kappa shape index (κ3) is 2.14. The van der Waals surface area contributed by atoms with Crippen molar-refractivity contribution in [3.05, 3.63) is 11.1 Å². The van der Waals surface area contributed by atoms with E-state index in [1.165, 1.54) is 6.42 Å². The lowest BCUT2D eigenvalue weighted by Crippen LogP contribution is -2.61. The Labute approximate surface area is 139 Å². The van der Waals surface area contributed by atoms with Crippen molar-refractivity contribution in [1.29, 1.82) is 0 Å². The zero-order chi connectivity index (χ0) is 15.4. The lowest BCUT2D eigenvalue weighted by molar-refractivity contribution is -0.156. The summed E-state index contributed by atoms with van der Waals surface area (Å²) >= 11 is 3.37. The maximum atomic E-state index is 12.9. The molecule has 6 heteroatoms. The molecule has 0 saturated heterocycles. The van der Waals surface area contributed by atoms with Crippen molar-refractivity contribution < 1.29 is 4.79 Å². The van der Waals surface area contributed by atoms with Crippen molar-refractivity contribution in [3.8, 4) is 0 Å². The summed E-state index contributed by atoms with van der Waals surface area (Å²) in [6, 6.07) is 0. The highest BCUT2D eigenvalue weighted by Gasteiger charge is 2.61. The zero-order valence-corrected chi connectivity index (χ0v) is 14.6. The minimum absolute atomic E-state index is 0.00661. The fourth-order valence-electron chi connectivity index (χ4n) is 5.65. The van der Waals surface area contributed by atoms with Crippen LogP contribution in [0.15, 0.2) is 11.1 Å². The van der Waals surface area contributed by atoms with Crippen molar-refractivity contribution in [3.63, 3.8) is 0 Å². The molecule has 120 valence electrons. The Morgan fingerprint density at radius 3 is 2.73 bits per heavy atom. The molecule has 4 saturated carbocycles. The van der Waals surface area contributed by atoms with Gasteiger partial charge in [-0.3, -0.25) is 4.79 Å². The number of rotatable bonds is 4. The zero-order valence-electron chi connectivity index (χ0n) is 13.0. The summed E-state index contributed by atoms with van der Waals surface area (Å²) in [7, 11) is 0. The number of carbonyl (C=O) groups excluding carboxylic acids is 1. The van der Waals surface area contributed by atoms with Gasteiger partial charge < -0.3 is 5.32 Å². The second kappa shape index (κ2) is 5.05. The van der Waals surface area contributed by atoms with Gasteiger partial charge in [0.1, 0.15) is 6.33 Å². The number of amides is 1. The van der Waals surface area contributed by atoms with Crippen molar-refractivity contribution in [2.75, 3.05) is 6.54 Å². The van der Waals surface area contributed by atoms with Gasteiger partial charge >= 0.3 is 0 Å². The van der Waals surface area contributed by atoms with Crippen LogP contribution >= 0.6 is 15.9 Å². The lowest BCUT2D eigenvalue weighted by Gasteiger charge is -2.60. The fraction of sp³-hybridized carbons (Fsp3) is 0.812. The molecule has 4 aliphatic rings. The molecule has 4 fully saturated rings. The van der Waals surface area contributed by atoms with E-state index in [1.807, 2.05) is 6.33 Å². The fourth-order valence-corrected chi connectivity index (χ4v) is 5.91. The van der Waals surface area contributed by atoms with Crippen LogP contribution in [0, 0.1) is 17.3 Å². The minimum atomic E-state index is -0.169. The van der Waals surface area contributed by atoms with Gasteiger partial charge in [-0.15, -0.1) is 5.10 Å². The molecule has 0 spiro atoms. The Morgan fingerprint density at radius 1 is 1.41 bits per heavy atom. The van der Waals surface area contributed by atoms with Gasteiger partial charge in [-0.25, -0.2) is 9.67 Å². The van der Waals surface area contributed by atoms with E-state index in [4.69, 9.17) is 0 Å². The predicted molar refractivity (Wildman–Crippen MR) is 86.1 cm³/mol. The number of hydrogen-bond donors (Lipinski definition) is 1. The van der Waals surface area contributed by atoms with Crippen LogP contribution in [0.4, 0.5) is 0 Å². The van der Waals surface area contributed by atoms with E-state index >= 15 is 0 Å². The maximum Gasteiger partial charge on any atom is 0.226 e. The number of hydrogen-bond acceptors (Lipinski definition) is 3. The SMILES string of the molecule is CCCNC(=O)C12CC3CC(C1)CC(n1cnc(Br)n1)(C3)C2. The molecule has 4 aliphatic carbocycles. The topological polar surface area (TPSA) is 59.8 Å². The summed E-state index contributed by atoms with van der Waals surface area (Å²) in [6.07, 6.45) is 9.50. The molecule has 1 amide bonds. The molecule has 1 heterocycles. The van der Waals surface area contributed by atoms with E-state index < -0.39 is 0 Å². The standard InChI is InChI=1S/C16H23BrN4O/c1-2-3-18-13(22)15-5-11-4-12(6-15)8-16(7-11,9-15)21-10-19-14(17)20-21/h10-12H,2-9H2,1H3,(H,18,22). The van der Waals surface area contributed by atoms with E-state index in [0.717, 1.165) is 45.1 Å². The van der Waals surface area contributed by atoms with Crippen LogP contribution in [0.5, 0.6) is 0 Å². The number of halogens is 1. The second-order valence-corrected chi connectivity index (χ2v) is 8.39. The van der Waals surface area contributed by atoms with Gasteiger partial charge in [-0.2, -0.15) is 0 Å². The van der Waals surface area contributed by atoms with Crippen LogP contribution in [-0.4, -0.2) is 27.2 Å². The molecule has 4 bridgehead atoms. The third-order valence-corrected chi connectivity index (χ3v) is 6.36. The molecular formula is C16H23BrN4O. The molecule has 0 aromatic carbocycles. The Bertz CT molecular complexity index is 585. The van der Waals surface area contributed by atoms with Crippen molar-refractivity contribution in [2.24, 2.45) is 17.3 Å². The van der Waals surface area contributed by atoms with Crippen molar-refractivity contribution >= 4 is 21.8 Å². The molecule has 2 unspecified atom stereocenters. The average Bonchev–Trinajstić information content (AvgIpc) is 2.91. The van der Waals surface area contributed by atoms with Crippen molar-refractivity contribution in [2.45, 2.75) is 57.4 Å². The number of aromatic nitrogens is 3. The molecule has 1 aromatic rings. The third-order valence-electron chi connectivity index (χ3n) is 6.00. The Morgan fingerprint density at radius 2 is 2.14 bits per heavy atom. The van der Waals surface area contributed by atoms with Crippen LogP contribution in [0.3, 0.4) is 0 Å². The lowest BCUT2D eigenvalue weighted by atomic mass is 9.46. The highest BCUT2D eigenvalue weighted by Crippen LogP contribution is 2.64. The molecule has 22 heavy (non-hydrogen) atoms. The van der Waals surface area contributed by atoms with E-state index in [1.54, 1.807) is 0 Å². The van der Waals surface area contributed by atoms with Gasteiger partial charge in [0.25, 0.3) is 0 Å². The van der Waals surface area contributed by atoms with Gasteiger partial charge in [0, 0.05) is 6.54 Å². The Kier molecular flexibility index (Phi) is 3.36. The van der Waals surface area contributed by atoms with Crippen molar-refractivity contribution in [1.82, 2.24) is 20.1 Å². The Balaban J connectivity index is 1.67. The molecule has 1 N–H and O–H groups in total. The summed E-state index contributed by atoms with van der Waals surface area (Å²) in [5, 5.41) is 7.71. The van der Waals surface area contributed by atoms with Gasteiger partial charge in [-0.05, 0) is 72.7 Å². The second-order valence-electron chi connectivity index (χ2n) is 7.68. The van der Waals surface area contributed by atoms with Gasteiger partial charge in [0.15, 0.2) is 0 Å². The summed E-state index contributed by atoms with van der Waals surface area (Å²) in [5.41, 5.74) is -0.162. The quantitative estimate of drug-likeness (QED) is 0.890. The van der Waals surface area contributed by atoms with Crippen LogP contribution in [-0.2, 0) is 10.3 Å². The number of nitrogens with zero attached hydrogens (tertiary/aromatic N) is 3.